The standard InChI is InChI=1S/C21H20BrFN4O/c22-20-4-2-1-3-16(20)14-25-15-17(13-24)21(28)27-11-9-26(10-12-27)19-7-5-18(23)6-8-19/h1-8,15,25H,9-12,14H2/b17-15-. The monoisotopic (exact) mass is 442 g/mol. The quantitative estimate of drug-likeness (QED) is 0.569. The second kappa shape index (κ2) is 9.38. The lowest BCUT2D eigenvalue weighted by atomic mass is 10.2. The molecule has 3 rings (SSSR count). The highest BCUT2D eigenvalue weighted by Crippen LogP contribution is 2.18. The summed E-state index contributed by atoms with van der Waals surface area (Å²) in [6, 6.07) is 16.1. The molecule has 5 nitrogen and oxygen atoms in total. The second-order valence-electron chi connectivity index (χ2n) is 6.40. The first-order chi connectivity index (χ1) is 13.6. The van der Waals surface area contributed by atoms with Crippen LogP contribution in [0.5, 0.6) is 0 Å². The average molecular weight is 443 g/mol. The van der Waals surface area contributed by atoms with Gasteiger partial charge in [-0.05, 0) is 35.9 Å². The lowest BCUT2D eigenvalue weighted by Gasteiger charge is -2.36. The molecule has 0 unspecified atom stereocenters. The van der Waals surface area contributed by atoms with Crippen molar-refractivity contribution >= 4 is 27.5 Å². The molecule has 0 bridgehead atoms. The molecule has 1 amide bonds. The van der Waals surface area contributed by atoms with Crippen molar-refractivity contribution in [2.75, 3.05) is 31.1 Å². The highest BCUT2D eigenvalue weighted by Gasteiger charge is 2.23. The van der Waals surface area contributed by atoms with Crippen LogP contribution in [0.1, 0.15) is 5.56 Å². The van der Waals surface area contributed by atoms with Gasteiger partial charge in [0.2, 0.25) is 0 Å². The number of benzene rings is 2. The van der Waals surface area contributed by atoms with Gasteiger partial charge >= 0.3 is 0 Å². The molecule has 0 saturated carbocycles. The first kappa shape index (κ1) is 19.9. The van der Waals surface area contributed by atoms with Gasteiger partial charge in [-0.25, -0.2) is 4.39 Å². The number of nitriles is 1. The van der Waals surface area contributed by atoms with E-state index in [-0.39, 0.29) is 17.3 Å². The van der Waals surface area contributed by atoms with Gasteiger partial charge in [-0.1, -0.05) is 34.1 Å². The predicted octanol–water partition coefficient (Wildman–Crippen LogP) is 3.43. The third-order valence-corrected chi connectivity index (χ3v) is 5.38. The van der Waals surface area contributed by atoms with Gasteiger partial charge in [0.1, 0.15) is 17.5 Å². The van der Waals surface area contributed by atoms with Crippen molar-refractivity contribution in [3.63, 3.8) is 0 Å². The number of hydrogen-bond acceptors (Lipinski definition) is 4. The Labute approximate surface area is 172 Å². The van der Waals surface area contributed by atoms with Gasteiger partial charge in [0.05, 0.1) is 0 Å². The van der Waals surface area contributed by atoms with E-state index in [9.17, 15) is 14.4 Å². The van der Waals surface area contributed by atoms with Gasteiger partial charge in [-0.15, -0.1) is 0 Å². The number of amides is 1. The molecule has 1 N–H and O–H groups in total. The van der Waals surface area contributed by atoms with Crippen LogP contribution in [0.3, 0.4) is 0 Å². The maximum Gasteiger partial charge on any atom is 0.266 e. The molecule has 7 heteroatoms. The van der Waals surface area contributed by atoms with Crippen LogP contribution in [0.25, 0.3) is 0 Å². The summed E-state index contributed by atoms with van der Waals surface area (Å²) in [5.41, 5.74) is 2.05. The number of nitrogens with zero attached hydrogens (tertiary/aromatic N) is 3. The van der Waals surface area contributed by atoms with Crippen LogP contribution in [-0.4, -0.2) is 37.0 Å². The van der Waals surface area contributed by atoms with Crippen molar-refractivity contribution in [1.82, 2.24) is 10.2 Å². The molecule has 1 aliphatic rings. The Balaban J connectivity index is 1.56. The van der Waals surface area contributed by atoms with Crippen LogP contribution in [0.4, 0.5) is 10.1 Å². The molecule has 28 heavy (non-hydrogen) atoms. The van der Waals surface area contributed by atoms with Crippen molar-refractivity contribution in [3.05, 3.63) is 76.2 Å². The predicted molar refractivity (Wildman–Crippen MR) is 110 cm³/mol. The molecular formula is C21H20BrFN4O. The minimum absolute atomic E-state index is 0.0854. The van der Waals surface area contributed by atoms with Gasteiger partial charge in [0.25, 0.3) is 5.91 Å². The SMILES string of the molecule is N#C/C(=C/NCc1ccccc1Br)C(=O)N1CCN(c2ccc(F)cc2)CC1. The molecule has 0 spiro atoms. The Bertz CT molecular complexity index is 899. The number of anilines is 1. The Morgan fingerprint density at radius 3 is 2.46 bits per heavy atom. The molecule has 0 radical (unpaired) electrons. The van der Waals surface area contributed by atoms with Crippen molar-refractivity contribution in [2.45, 2.75) is 6.54 Å². The van der Waals surface area contributed by atoms with Crippen LogP contribution < -0.4 is 10.2 Å². The Morgan fingerprint density at radius 2 is 1.82 bits per heavy atom. The average Bonchev–Trinajstić information content (AvgIpc) is 2.73. The van der Waals surface area contributed by atoms with Crippen LogP contribution in [0.2, 0.25) is 0 Å². The molecule has 1 heterocycles. The molecule has 0 atom stereocenters. The van der Waals surface area contributed by atoms with Crippen LogP contribution in [0.15, 0.2) is 64.8 Å². The molecule has 144 valence electrons. The van der Waals surface area contributed by atoms with Gasteiger partial charge < -0.3 is 15.1 Å². The summed E-state index contributed by atoms with van der Waals surface area (Å²) >= 11 is 3.47. The minimum atomic E-state index is -0.277. The van der Waals surface area contributed by atoms with E-state index in [1.165, 1.54) is 18.3 Å². The fraction of sp³-hybridized carbons (Fsp3) is 0.238. The van der Waals surface area contributed by atoms with E-state index in [0.717, 1.165) is 15.7 Å². The van der Waals surface area contributed by atoms with Crippen molar-refractivity contribution in [1.29, 1.82) is 5.26 Å². The second-order valence-corrected chi connectivity index (χ2v) is 7.25. The van der Waals surface area contributed by atoms with Crippen molar-refractivity contribution in [2.24, 2.45) is 0 Å². The number of hydrogen-bond donors (Lipinski definition) is 1. The smallest absolute Gasteiger partial charge is 0.266 e. The molecule has 2 aromatic carbocycles. The zero-order valence-electron chi connectivity index (χ0n) is 15.2. The maximum absolute atomic E-state index is 13.1. The topological polar surface area (TPSA) is 59.4 Å². The van der Waals surface area contributed by atoms with E-state index in [2.05, 4.69) is 26.1 Å². The number of rotatable bonds is 5. The third kappa shape index (κ3) is 4.90. The Morgan fingerprint density at radius 1 is 1.14 bits per heavy atom. The highest BCUT2D eigenvalue weighted by atomic mass is 79.9. The lowest BCUT2D eigenvalue weighted by molar-refractivity contribution is -0.127. The van der Waals surface area contributed by atoms with Crippen LogP contribution in [0, 0.1) is 17.1 Å². The Hall–Kier alpha value is -2.85. The molecule has 1 fully saturated rings. The van der Waals surface area contributed by atoms with E-state index >= 15 is 0 Å². The van der Waals surface area contributed by atoms with E-state index in [4.69, 9.17) is 0 Å². The zero-order valence-corrected chi connectivity index (χ0v) is 16.8. The summed E-state index contributed by atoms with van der Waals surface area (Å²) < 4.78 is 14.0. The molecule has 2 aromatic rings. The van der Waals surface area contributed by atoms with Gasteiger partial charge in [0, 0.05) is 49.1 Å². The van der Waals surface area contributed by atoms with Gasteiger partial charge in [-0.2, -0.15) is 5.26 Å². The normalized spacial score (nSPS) is 14.5. The zero-order chi connectivity index (χ0) is 19.9. The van der Waals surface area contributed by atoms with E-state index < -0.39 is 0 Å². The molecular weight excluding hydrogens is 423 g/mol. The summed E-state index contributed by atoms with van der Waals surface area (Å²) in [6.07, 6.45) is 1.48. The van der Waals surface area contributed by atoms with Crippen LogP contribution in [-0.2, 0) is 11.3 Å². The summed E-state index contributed by atoms with van der Waals surface area (Å²) in [6.45, 7) is 2.82. The third-order valence-electron chi connectivity index (χ3n) is 4.61. The van der Waals surface area contributed by atoms with Gasteiger partial charge in [0.15, 0.2) is 0 Å². The number of halogens is 2. The number of piperazine rings is 1. The molecule has 0 aliphatic carbocycles. The highest BCUT2D eigenvalue weighted by molar-refractivity contribution is 9.10. The summed E-state index contributed by atoms with van der Waals surface area (Å²) in [5, 5.41) is 12.4. The first-order valence-corrected chi connectivity index (χ1v) is 9.74. The van der Waals surface area contributed by atoms with E-state index in [1.54, 1.807) is 17.0 Å². The maximum atomic E-state index is 13.1. The first-order valence-electron chi connectivity index (χ1n) is 8.95. The number of nitrogens with one attached hydrogen (secondary N) is 1. The fourth-order valence-electron chi connectivity index (χ4n) is 3.04. The van der Waals surface area contributed by atoms with Crippen LogP contribution >= 0.6 is 15.9 Å². The minimum Gasteiger partial charge on any atom is -0.386 e. The van der Waals surface area contributed by atoms with Crippen molar-refractivity contribution in [3.8, 4) is 6.07 Å². The number of carbonyl (C=O) groups excluding carboxylic acids is 1. The largest absolute Gasteiger partial charge is 0.386 e. The fourth-order valence-corrected chi connectivity index (χ4v) is 3.46. The van der Waals surface area contributed by atoms with E-state index in [0.29, 0.717) is 32.7 Å². The summed E-state index contributed by atoms with van der Waals surface area (Å²) in [4.78, 5) is 16.4. The lowest BCUT2D eigenvalue weighted by Crippen LogP contribution is -2.49. The van der Waals surface area contributed by atoms with E-state index in [1.807, 2.05) is 30.3 Å². The Kier molecular flexibility index (Phi) is 6.66. The number of carbonyl (C=O) groups is 1. The summed E-state index contributed by atoms with van der Waals surface area (Å²) in [7, 11) is 0. The molecule has 1 aliphatic heterocycles. The summed E-state index contributed by atoms with van der Waals surface area (Å²) in [5.74, 6) is -0.544. The molecule has 0 aromatic heterocycles. The molecule has 1 saturated heterocycles. The van der Waals surface area contributed by atoms with Crippen molar-refractivity contribution < 1.29 is 9.18 Å². The van der Waals surface area contributed by atoms with Gasteiger partial charge in [-0.3, -0.25) is 4.79 Å².